The van der Waals surface area contributed by atoms with Gasteiger partial charge in [0.25, 0.3) is 5.69 Å². The Hall–Kier alpha value is -1.83. The van der Waals surface area contributed by atoms with Gasteiger partial charge in [-0.3, -0.25) is 15.0 Å². The van der Waals surface area contributed by atoms with Gasteiger partial charge in [-0.25, -0.2) is 0 Å². The second-order valence-electron chi connectivity index (χ2n) is 6.91. The summed E-state index contributed by atoms with van der Waals surface area (Å²) in [4.78, 5) is 12.1. The summed E-state index contributed by atoms with van der Waals surface area (Å²) >= 11 is 0. The van der Waals surface area contributed by atoms with Crippen molar-refractivity contribution in [3.8, 4) is 5.75 Å². The number of alkyl halides is 3. The van der Waals surface area contributed by atoms with Crippen LogP contribution in [0.15, 0.2) is 18.2 Å². The second kappa shape index (κ2) is 6.58. The number of benzene rings is 1. The summed E-state index contributed by atoms with van der Waals surface area (Å²) in [6, 6.07) is 2.60. The third kappa shape index (κ3) is 4.37. The summed E-state index contributed by atoms with van der Waals surface area (Å²) in [5.74, 6) is -0.345. The summed E-state index contributed by atoms with van der Waals surface area (Å²) in [6.07, 6.45) is -3.80. The zero-order valence-electron chi connectivity index (χ0n) is 13.9. The van der Waals surface area contributed by atoms with E-state index in [-0.39, 0.29) is 17.4 Å². The van der Waals surface area contributed by atoms with Crippen molar-refractivity contribution in [2.24, 2.45) is 0 Å². The number of rotatable bonds is 3. The van der Waals surface area contributed by atoms with Crippen LogP contribution in [0.3, 0.4) is 0 Å². The van der Waals surface area contributed by atoms with Gasteiger partial charge < -0.3 is 4.74 Å². The van der Waals surface area contributed by atoms with E-state index in [9.17, 15) is 23.3 Å². The van der Waals surface area contributed by atoms with E-state index in [0.717, 1.165) is 25.2 Å². The number of likely N-dealkylation sites (tertiary alicyclic amines) is 1. The maximum Gasteiger partial charge on any atom is 0.420 e. The topological polar surface area (TPSA) is 55.6 Å². The van der Waals surface area contributed by atoms with E-state index in [2.05, 4.69) is 25.7 Å². The molecule has 24 heavy (non-hydrogen) atoms. The smallest absolute Gasteiger partial charge is 0.420 e. The van der Waals surface area contributed by atoms with Crippen LogP contribution in [-0.2, 0) is 6.18 Å². The molecule has 134 valence electrons. The molecule has 0 atom stereocenters. The Balaban J connectivity index is 2.14. The molecular weight excluding hydrogens is 325 g/mol. The first-order valence-corrected chi connectivity index (χ1v) is 7.76. The number of nitrogens with zero attached hydrogens (tertiary/aromatic N) is 2. The first-order chi connectivity index (χ1) is 11.0. The van der Waals surface area contributed by atoms with Crippen molar-refractivity contribution in [3.05, 3.63) is 33.9 Å². The van der Waals surface area contributed by atoms with E-state index in [1.807, 2.05) is 0 Å². The van der Waals surface area contributed by atoms with Crippen LogP contribution in [0.2, 0.25) is 0 Å². The van der Waals surface area contributed by atoms with Gasteiger partial charge in [0.15, 0.2) is 0 Å². The molecule has 0 saturated carbocycles. The molecule has 1 aromatic rings. The van der Waals surface area contributed by atoms with Gasteiger partial charge in [0.2, 0.25) is 0 Å². The lowest BCUT2D eigenvalue weighted by Gasteiger charge is -2.40. The molecule has 1 saturated heterocycles. The number of ether oxygens (including phenoxy) is 1. The molecule has 1 heterocycles. The van der Waals surface area contributed by atoms with E-state index < -0.39 is 22.4 Å². The van der Waals surface area contributed by atoms with E-state index in [0.29, 0.717) is 18.9 Å². The number of nitro groups is 1. The number of hydrogen-bond acceptors (Lipinski definition) is 4. The predicted molar refractivity (Wildman–Crippen MR) is 83.1 cm³/mol. The van der Waals surface area contributed by atoms with E-state index >= 15 is 0 Å². The minimum Gasteiger partial charge on any atom is -0.490 e. The van der Waals surface area contributed by atoms with Crippen molar-refractivity contribution in [2.45, 2.75) is 51.4 Å². The van der Waals surface area contributed by atoms with Crippen molar-refractivity contribution in [2.75, 3.05) is 13.1 Å². The second-order valence-corrected chi connectivity index (χ2v) is 6.91. The highest BCUT2D eigenvalue weighted by atomic mass is 19.4. The molecule has 1 aliphatic heterocycles. The highest BCUT2D eigenvalue weighted by Gasteiger charge is 2.37. The molecule has 8 heteroatoms. The first kappa shape index (κ1) is 18.5. The summed E-state index contributed by atoms with van der Waals surface area (Å²) < 4.78 is 45.0. The molecule has 0 aromatic heterocycles. The summed E-state index contributed by atoms with van der Waals surface area (Å²) in [7, 11) is 0. The molecule has 1 fully saturated rings. The molecule has 2 rings (SSSR count). The van der Waals surface area contributed by atoms with Crippen LogP contribution < -0.4 is 4.74 Å². The molecule has 0 amide bonds. The van der Waals surface area contributed by atoms with Crippen molar-refractivity contribution in [1.82, 2.24) is 4.90 Å². The van der Waals surface area contributed by atoms with Crippen LogP contribution in [0.5, 0.6) is 5.75 Å². The van der Waals surface area contributed by atoms with Gasteiger partial charge in [-0.2, -0.15) is 13.2 Å². The van der Waals surface area contributed by atoms with Crippen LogP contribution in [-0.4, -0.2) is 34.6 Å². The average molecular weight is 346 g/mol. The van der Waals surface area contributed by atoms with Crippen molar-refractivity contribution in [3.63, 3.8) is 0 Å². The predicted octanol–water partition coefficient (Wildman–Crippen LogP) is 4.26. The van der Waals surface area contributed by atoms with Gasteiger partial charge in [-0.05, 0) is 39.7 Å². The molecule has 0 unspecified atom stereocenters. The first-order valence-electron chi connectivity index (χ1n) is 7.76. The lowest BCUT2D eigenvalue weighted by Crippen LogP contribution is -2.48. The highest BCUT2D eigenvalue weighted by Crippen LogP contribution is 2.39. The lowest BCUT2D eigenvalue weighted by molar-refractivity contribution is -0.385. The third-order valence-electron chi connectivity index (χ3n) is 4.16. The van der Waals surface area contributed by atoms with Gasteiger partial charge in [-0.1, -0.05) is 0 Å². The standard InChI is InChI=1S/C16H21F3N2O3/c1-15(2,3)20-8-6-12(7-9-20)24-14-5-4-11(21(22)23)10-13(14)16(17,18)19/h4-5,10,12H,6-9H2,1-3H3. The Morgan fingerprint density at radius 3 is 2.25 bits per heavy atom. The average Bonchev–Trinajstić information content (AvgIpc) is 2.46. The van der Waals surface area contributed by atoms with Crippen molar-refractivity contribution < 1.29 is 22.8 Å². The van der Waals surface area contributed by atoms with Gasteiger partial charge in [-0.15, -0.1) is 0 Å². The van der Waals surface area contributed by atoms with Crippen LogP contribution in [0.25, 0.3) is 0 Å². The number of piperidine rings is 1. The minimum atomic E-state index is -4.70. The molecule has 0 N–H and O–H groups in total. The monoisotopic (exact) mass is 346 g/mol. The molecule has 0 aliphatic carbocycles. The maximum atomic E-state index is 13.2. The fraction of sp³-hybridized carbons (Fsp3) is 0.625. The van der Waals surface area contributed by atoms with Gasteiger partial charge >= 0.3 is 6.18 Å². The normalized spacial score (nSPS) is 17.8. The highest BCUT2D eigenvalue weighted by molar-refractivity contribution is 5.45. The largest absolute Gasteiger partial charge is 0.490 e. The maximum absolute atomic E-state index is 13.2. The summed E-state index contributed by atoms with van der Waals surface area (Å²) in [6.45, 7) is 7.75. The van der Waals surface area contributed by atoms with Crippen molar-refractivity contribution in [1.29, 1.82) is 0 Å². The molecule has 1 aromatic carbocycles. The SMILES string of the molecule is CC(C)(C)N1CCC(Oc2ccc([N+](=O)[O-])cc2C(F)(F)F)CC1. The number of nitro benzene ring substituents is 1. The van der Waals surface area contributed by atoms with Crippen LogP contribution in [0.4, 0.5) is 18.9 Å². The summed E-state index contributed by atoms with van der Waals surface area (Å²) in [5, 5.41) is 10.7. The molecule has 1 aliphatic rings. The number of hydrogen-bond donors (Lipinski definition) is 0. The zero-order valence-corrected chi connectivity index (χ0v) is 13.9. The molecule has 0 spiro atoms. The molecular formula is C16H21F3N2O3. The van der Waals surface area contributed by atoms with E-state index in [4.69, 9.17) is 4.74 Å². The Labute approximate surface area is 138 Å². The van der Waals surface area contributed by atoms with Gasteiger partial charge in [0, 0.05) is 30.8 Å². The van der Waals surface area contributed by atoms with Crippen LogP contribution >= 0.6 is 0 Å². The Morgan fingerprint density at radius 2 is 1.79 bits per heavy atom. The van der Waals surface area contributed by atoms with Crippen LogP contribution in [0, 0.1) is 10.1 Å². The zero-order chi connectivity index (χ0) is 18.1. The lowest BCUT2D eigenvalue weighted by atomic mass is 9.99. The number of halogens is 3. The Kier molecular flexibility index (Phi) is 5.08. The summed E-state index contributed by atoms with van der Waals surface area (Å²) in [5.41, 5.74) is -1.69. The molecule has 0 bridgehead atoms. The molecule has 5 nitrogen and oxygen atoms in total. The quantitative estimate of drug-likeness (QED) is 0.606. The van der Waals surface area contributed by atoms with Gasteiger partial charge in [0.1, 0.15) is 17.4 Å². The Bertz CT molecular complexity index is 604. The van der Waals surface area contributed by atoms with Crippen molar-refractivity contribution >= 4 is 5.69 Å². The van der Waals surface area contributed by atoms with Crippen LogP contribution in [0.1, 0.15) is 39.2 Å². The third-order valence-corrected chi connectivity index (χ3v) is 4.16. The Morgan fingerprint density at radius 1 is 1.21 bits per heavy atom. The van der Waals surface area contributed by atoms with E-state index in [1.165, 1.54) is 0 Å². The van der Waals surface area contributed by atoms with E-state index in [1.54, 1.807) is 0 Å². The fourth-order valence-corrected chi connectivity index (χ4v) is 2.78. The minimum absolute atomic E-state index is 0.00938. The number of non-ortho nitro benzene ring substituents is 1. The molecule has 0 radical (unpaired) electrons. The van der Waals surface area contributed by atoms with Gasteiger partial charge in [0.05, 0.1) is 4.92 Å². The fourth-order valence-electron chi connectivity index (χ4n) is 2.78.